The molecule has 0 N–H and O–H groups in total. The second kappa shape index (κ2) is 5.72. The lowest BCUT2D eigenvalue weighted by atomic mass is 10.1. The van der Waals surface area contributed by atoms with Crippen LogP contribution in [0, 0.1) is 0 Å². The number of benzene rings is 2. The molecule has 0 aromatic heterocycles. The largest absolute Gasteiger partial charge is 0.548 e. The minimum Gasteiger partial charge on any atom is -0.142 e. The SMILES string of the molecule is CCO[P+](=O)c1ccc(-c2ccccc2)cc1. The maximum Gasteiger partial charge on any atom is 0.548 e. The quantitative estimate of drug-likeness (QED) is 0.766. The van der Waals surface area contributed by atoms with E-state index in [1.54, 1.807) is 0 Å². The van der Waals surface area contributed by atoms with Crippen LogP contribution in [0.1, 0.15) is 6.92 Å². The van der Waals surface area contributed by atoms with Gasteiger partial charge in [-0.3, -0.25) is 0 Å². The molecule has 1 atom stereocenters. The van der Waals surface area contributed by atoms with Crippen LogP contribution in [0.4, 0.5) is 0 Å². The molecule has 0 bridgehead atoms. The lowest BCUT2D eigenvalue weighted by Crippen LogP contribution is -1.97. The highest BCUT2D eigenvalue weighted by atomic mass is 31.1. The molecule has 17 heavy (non-hydrogen) atoms. The van der Waals surface area contributed by atoms with Gasteiger partial charge in [0.05, 0.1) is 0 Å². The molecular weight excluding hydrogens is 231 g/mol. The van der Waals surface area contributed by atoms with Gasteiger partial charge in [0.25, 0.3) is 0 Å². The van der Waals surface area contributed by atoms with Gasteiger partial charge in [-0.25, -0.2) is 0 Å². The zero-order chi connectivity index (χ0) is 12.1. The zero-order valence-corrected chi connectivity index (χ0v) is 10.6. The summed E-state index contributed by atoms with van der Waals surface area (Å²) in [6.45, 7) is 2.31. The van der Waals surface area contributed by atoms with Crippen molar-refractivity contribution in [3.63, 3.8) is 0 Å². The predicted octanol–water partition coefficient (Wildman–Crippen LogP) is 3.76. The lowest BCUT2D eigenvalue weighted by Gasteiger charge is -1.99. The highest BCUT2D eigenvalue weighted by Crippen LogP contribution is 2.24. The molecule has 0 aliphatic rings. The Bertz CT molecular complexity index is 491. The minimum atomic E-state index is -1.71. The van der Waals surface area contributed by atoms with Gasteiger partial charge in [-0.1, -0.05) is 30.3 Å². The van der Waals surface area contributed by atoms with Crippen LogP contribution in [0.2, 0.25) is 0 Å². The third-order valence-corrected chi connectivity index (χ3v) is 3.64. The standard InChI is InChI=1S/C14H14O2P/c1-2-16-17(15)14-10-8-13(9-11-14)12-6-4-3-5-7-12/h3-11H,2H2,1H3/q+1. The van der Waals surface area contributed by atoms with Crippen LogP contribution in [0.15, 0.2) is 54.6 Å². The molecule has 2 aromatic carbocycles. The van der Waals surface area contributed by atoms with Crippen LogP contribution in [0.3, 0.4) is 0 Å². The van der Waals surface area contributed by atoms with Crippen molar-refractivity contribution in [2.75, 3.05) is 6.61 Å². The van der Waals surface area contributed by atoms with E-state index in [2.05, 4.69) is 12.1 Å². The Labute approximate surface area is 102 Å². The fraction of sp³-hybridized carbons (Fsp3) is 0.143. The first-order valence-electron chi connectivity index (χ1n) is 5.57. The van der Waals surface area contributed by atoms with Crippen molar-refractivity contribution in [3.05, 3.63) is 54.6 Å². The van der Waals surface area contributed by atoms with Crippen LogP contribution in [-0.4, -0.2) is 6.61 Å². The second-order valence-corrected chi connectivity index (χ2v) is 4.88. The molecule has 0 heterocycles. The third-order valence-electron chi connectivity index (χ3n) is 2.43. The molecule has 0 aliphatic carbocycles. The summed E-state index contributed by atoms with van der Waals surface area (Å²) in [6, 6.07) is 17.8. The minimum absolute atomic E-state index is 0.468. The predicted molar refractivity (Wildman–Crippen MR) is 70.7 cm³/mol. The van der Waals surface area contributed by atoms with Gasteiger partial charge in [0.1, 0.15) is 6.61 Å². The molecular formula is C14H14O2P+. The highest BCUT2D eigenvalue weighted by Gasteiger charge is 2.20. The van der Waals surface area contributed by atoms with E-state index in [-0.39, 0.29) is 0 Å². The number of hydrogen-bond donors (Lipinski definition) is 0. The molecule has 0 fully saturated rings. The molecule has 0 saturated carbocycles. The molecule has 3 heteroatoms. The topological polar surface area (TPSA) is 26.3 Å². The molecule has 1 unspecified atom stereocenters. The van der Waals surface area contributed by atoms with Crippen LogP contribution in [-0.2, 0) is 9.09 Å². The molecule has 2 rings (SSSR count). The summed E-state index contributed by atoms with van der Waals surface area (Å²) in [4.78, 5) is 0. The summed E-state index contributed by atoms with van der Waals surface area (Å²) in [5.74, 6) is 0. The van der Waals surface area contributed by atoms with Crippen LogP contribution in [0.25, 0.3) is 11.1 Å². The van der Waals surface area contributed by atoms with Gasteiger partial charge in [0, 0.05) is 0 Å². The Morgan fingerprint density at radius 3 is 2.12 bits per heavy atom. The molecule has 2 nitrogen and oxygen atoms in total. The van der Waals surface area contributed by atoms with Crippen molar-refractivity contribution in [1.29, 1.82) is 0 Å². The molecule has 0 spiro atoms. The fourth-order valence-electron chi connectivity index (χ4n) is 1.60. The molecule has 0 aliphatic heterocycles. The monoisotopic (exact) mass is 245 g/mol. The Hall–Kier alpha value is -1.50. The summed E-state index contributed by atoms with van der Waals surface area (Å²) in [7, 11) is -1.71. The fourth-order valence-corrected chi connectivity index (χ4v) is 2.37. The van der Waals surface area contributed by atoms with E-state index in [0.29, 0.717) is 6.61 Å². The third kappa shape index (κ3) is 3.00. The van der Waals surface area contributed by atoms with Crippen molar-refractivity contribution in [2.45, 2.75) is 6.92 Å². The summed E-state index contributed by atoms with van der Waals surface area (Å²) < 4.78 is 16.7. The van der Waals surface area contributed by atoms with E-state index >= 15 is 0 Å². The average Bonchev–Trinajstić information content (AvgIpc) is 2.40. The normalized spacial score (nSPS) is 11.2. The van der Waals surface area contributed by atoms with Gasteiger partial charge in [-0.05, 0) is 46.9 Å². The van der Waals surface area contributed by atoms with Crippen molar-refractivity contribution < 1.29 is 9.09 Å². The first-order valence-corrected chi connectivity index (χ1v) is 6.74. The Morgan fingerprint density at radius 1 is 0.941 bits per heavy atom. The smallest absolute Gasteiger partial charge is 0.142 e. The number of rotatable bonds is 4. The first-order chi connectivity index (χ1) is 8.31. The summed E-state index contributed by atoms with van der Waals surface area (Å²) in [6.07, 6.45) is 0. The van der Waals surface area contributed by atoms with Gasteiger partial charge < -0.3 is 0 Å². The van der Waals surface area contributed by atoms with E-state index in [0.717, 1.165) is 16.4 Å². The van der Waals surface area contributed by atoms with Gasteiger partial charge in [-0.15, -0.1) is 4.52 Å². The van der Waals surface area contributed by atoms with Crippen molar-refractivity contribution in [1.82, 2.24) is 0 Å². The van der Waals surface area contributed by atoms with E-state index in [1.165, 1.54) is 0 Å². The van der Waals surface area contributed by atoms with Gasteiger partial charge in [0.2, 0.25) is 5.30 Å². The van der Waals surface area contributed by atoms with Crippen molar-refractivity contribution >= 4 is 13.3 Å². The highest BCUT2D eigenvalue weighted by molar-refractivity contribution is 7.48. The lowest BCUT2D eigenvalue weighted by molar-refractivity contribution is 0.357. The van der Waals surface area contributed by atoms with E-state index in [1.807, 2.05) is 49.4 Å². The first kappa shape index (κ1) is 12.0. The van der Waals surface area contributed by atoms with Gasteiger partial charge >= 0.3 is 8.03 Å². The summed E-state index contributed by atoms with van der Waals surface area (Å²) in [5.41, 5.74) is 2.28. The Morgan fingerprint density at radius 2 is 1.53 bits per heavy atom. The zero-order valence-electron chi connectivity index (χ0n) is 9.67. The summed E-state index contributed by atoms with van der Waals surface area (Å²) >= 11 is 0. The van der Waals surface area contributed by atoms with Gasteiger partial charge in [0.15, 0.2) is 0 Å². The molecule has 2 aromatic rings. The molecule has 0 saturated heterocycles. The maximum absolute atomic E-state index is 11.6. The molecule has 0 radical (unpaired) electrons. The van der Waals surface area contributed by atoms with E-state index in [4.69, 9.17) is 4.52 Å². The van der Waals surface area contributed by atoms with E-state index in [9.17, 15) is 4.57 Å². The van der Waals surface area contributed by atoms with Crippen LogP contribution < -0.4 is 5.30 Å². The van der Waals surface area contributed by atoms with Crippen LogP contribution >= 0.6 is 8.03 Å². The van der Waals surface area contributed by atoms with Crippen LogP contribution in [0.5, 0.6) is 0 Å². The van der Waals surface area contributed by atoms with Crippen molar-refractivity contribution in [2.24, 2.45) is 0 Å². The van der Waals surface area contributed by atoms with Gasteiger partial charge in [-0.2, -0.15) is 0 Å². The Balaban J connectivity index is 2.22. The molecule has 86 valence electrons. The second-order valence-electron chi connectivity index (χ2n) is 3.59. The number of hydrogen-bond acceptors (Lipinski definition) is 2. The van der Waals surface area contributed by atoms with Crippen molar-refractivity contribution in [3.8, 4) is 11.1 Å². The Kier molecular flexibility index (Phi) is 4.03. The maximum atomic E-state index is 11.6. The summed E-state index contributed by atoms with van der Waals surface area (Å²) in [5, 5.41) is 0.738. The molecule has 0 amide bonds. The average molecular weight is 245 g/mol. The van der Waals surface area contributed by atoms with E-state index < -0.39 is 8.03 Å².